The van der Waals surface area contributed by atoms with Crippen LogP contribution in [0, 0.1) is 5.82 Å². The molecule has 0 N–H and O–H groups in total. The van der Waals surface area contributed by atoms with E-state index >= 15 is 0 Å². The number of oxazole rings is 1. The maximum absolute atomic E-state index is 13.0. The average Bonchev–Trinajstić information content (AvgIpc) is 2.57. The lowest BCUT2D eigenvalue weighted by molar-refractivity contribution is -0.142. The Morgan fingerprint density at radius 2 is 2.38 bits per heavy atom. The van der Waals surface area contributed by atoms with Crippen LogP contribution in [0.4, 0.5) is 4.39 Å². The predicted molar refractivity (Wildman–Crippen MR) is 54.8 cm³/mol. The molecule has 0 bridgehead atoms. The van der Waals surface area contributed by atoms with Crippen LogP contribution >= 0.6 is 0 Å². The predicted octanol–water partition coefficient (Wildman–Crippen LogP) is 0.824. The van der Waals surface area contributed by atoms with E-state index in [2.05, 4.69) is 4.98 Å². The zero-order chi connectivity index (χ0) is 11.7. The van der Waals surface area contributed by atoms with Crippen molar-refractivity contribution in [2.45, 2.75) is 13.5 Å². The standard InChI is InChI=1S/C10H7BFNO3/c1-5(14)15-4-9-13-8-3-6(12)2-7(11)10(8)16-9/h2-3H,4H2,1H3. The Hall–Kier alpha value is -1.85. The number of carbonyl (C=O) groups is 1. The van der Waals surface area contributed by atoms with E-state index in [0.717, 1.165) is 6.07 Å². The summed E-state index contributed by atoms with van der Waals surface area (Å²) in [5, 5.41) is 0. The number of carbonyl (C=O) groups excluding carboxylic acids is 1. The minimum absolute atomic E-state index is 0.0922. The van der Waals surface area contributed by atoms with Gasteiger partial charge < -0.3 is 9.15 Å². The molecule has 80 valence electrons. The maximum atomic E-state index is 13.0. The highest BCUT2D eigenvalue weighted by atomic mass is 19.1. The Morgan fingerprint density at radius 1 is 1.62 bits per heavy atom. The van der Waals surface area contributed by atoms with E-state index in [1.165, 1.54) is 13.0 Å². The van der Waals surface area contributed by atoms with Crippen LogP contribution in [0.5, 0.6) is 0 Å². The second kappa shape index (κ2) is 3.96. The highest BCUT2D eigenvalue weighted by molar-refractivity contribution is 6.37. The van der Waals surface area contributed by atoms with Crippen LogP contribution < -0.4 is 5.46 Å². The Balaban J connectivity index is 2.36. The molecule has 6 heteroatoms. The Kier molecular flexibility index (Phi) is 2.64. The van der Waals surface area contributed by atoms with Crippen LogP contribution in [0.2, 0.25) is 0 Å². The first-order chi connectivity index (χ1) is 7.56. The number of nitrogens with zero attached hydrogens (tertiary/aromatic N) is 1. The summed E-state index contributed by atoms with van der Waals surface area (Å²) >= 11 is 0. The molecule has 0 aliphatic heterocycles. The van der Waals surface area contributed by atoms with Crippen LogP contribution in [0.1, 0.15) is 12.8 Å². The normalized spacial score (nSPS) is 10.6. The lowest BCUT2D eigenvalue weighted by atomic mass is 9.95. The number of hydrogen-bond acceptors (Lipinski definition) is 4. The van der Waals surface area contributed by atoms with E-state index in [1.807, 2.05) is 0 Å². The average molecular weight is 219 g/mol. The third-order valence-electron chi connectivity index (χ3n) is 1.93. The van der Waals surface area contributed by atoms with Crippen molar-refractivity contribution in [2.75, 3.05) is 0 Å². The molecule has 16 heavy (non-hydrogen) atoms. The second-order valence-corrected chi connectivity index (χ2v) is 3.23. The summed E-state index contributed by atoms with van der Waals surface area (Å²) in [5.74, 6) is -0.749. The molecule has 1 aromatic carbocycles. The van der Waals surface area contributed by atoms with Gasteiger partial charge in [0, 0.05) is 13.0 Å². The number of halogens is 1. The van der Waals surface area contributed by atoms with Crippen molar-refractivity contribution in [3.05, 3.63) is 23.8 Å². The van der Waals surface area contributed by atoms with E-state index in [0.29, 0.717) is 11.1 Å². The van der Waals surface area contributed by atoms with Crippen LogP contribution in [-0.4, -0.2) is 18.8 Å². The molecule has 0 saturated heterocycles. The Labute approximate surface area is 91.8 Å². The number of hydrogen-bond donors (Lipinski definition) is 0. The first-order valence-electron chi connectivity index (χ1n) is 4.54. The fraction of sp³-hybridized carbons (Fsp3) is 0.200. The van der Waals surface area contributed by atoms with Crippen LogP contribution in [0.25, 0.3) is 11.1 Å². The van der Waals surface area contributed by atoms with Gasteiger partial charge in [0.05, 0.1) is 0 Å². The largest absolute Gasteiger partial charge is 0.456 e. The molecule has 0 atom stereocenters. The molecule has 0 unspecified atom stereocenters. The molecule has 2 radical (unpaired) electrons. The summed E-state index contributed by atoms with van der Waals surface area (Å²) in [6.07, 6.45) is 0. The van der Waals surface area contributed by atoms with Gasteiger partial charge in [0.2, 0.25) is 5.89 Å². The molecule has 0 spiro atoms. The van der Waals surface area contributed by atoms with Gasteiger partial charge in [0.1, 0.15) is 24.8 Å². The lowest BCUT2D eigenvalue weighted by Gasteiger charge is -1.95. The van der Waals surface area contributed by atoms with Crippen LogP contribution in [0.3, 0.4) is 0 Å². The van der Waals surface area contributed by atoms with Gasteiger partial charge in [-0.15, -0.1) is 0 Å². The number of ether oxygens (including phenoxy) is 1. The summed E-state index contributed by atoms with van der Waals surface area (Å²) in [6, 6.07) is 2.34. The fourth-order valence-corrected chi connectivity index (χ4v) is 1.29. The van der Waals surface area contributed by atoms with Crippen molar-refractivity contribution < 1.29 is 18.3 Å². The molecule has 0 aliphatic carbocycles. The van der Waals surface area contributed by atoms with Crippen molar-refractivity contribution >= 4 is 30.4 Å². The van der Waals surface area contributed by atoms with Crippen LogP contribution in [-0.2, 0) is 16.1 Å². The van der Waals surface area contributed by atoms with Gasteiger partial charge in [-0.3, -0.25) is 4.79 Å². The molecule has 0 saturated carbocycles. The van der Waals surface area contributed by atoms with Crippen molar-refractivity contribution in [2.24, 2.45) is 0 Å². The number of esters is 1. The van der Waals surface area contributed by atoms with Crippen molar-refractivity contribution in [1.29, 1.82) is 0 Å². The molecule has 0 aliphatic rings. The topological polar surface area (TPSA) is 52.3 Å². The van der Waals surface area contributed by atoms with Crippen LogP contribution in [0.15, 0.2) is 16.5 Å². The number of benzene rings is 1. The molecule has 4 nitrogen and oxygen atoms in total. The molecule has 0 amide bonds. The van der Waals surface area contributed by atoms with E-state index in [-0.39, 0.29) is 18.0 Å². The Morgan fingerprint density at radius 3 is 3.06 bits per heavy atom. The van der Waals surface area contributed by atoms with Crippen molar-refractivity contribution in [3.8, 4) is 0 Å². The second-order valence-electron chi connectivity index (χ2n) is 3.23. The number of rotatable bonds is 2. The minimum Gasteiger partial charge on any atom is -0.456 e. The third kappa shape index (κ3) is 2.05. The molecule has 2 rings (SSSR count). The summed E-state index contributed by atoms with van der Waals surface area (Å²) in [4.78, 5) is 14.5. The smallest absolute Gasteiger partial charge is 0.303 e. The molecule has 2 aromatic rings. The van der Waals surface area contributed by atoms with Gasteiger partial charge in [0.25, 0.3) is 0 Å². The number of aromatic nitrogens is 1. The summed E-state index contributed by atoms with van der Waals surface area (Å²) in [6.45, 7) is 1.18. The highest BCUT2D eigenvalue weighted by Crippen LogP contribution is 2.15. The highest BCUT2D eigenvalue weighted by Gasteiger charge is 2.10. The van der Waals surface area contributed by atoms with Gasteiger partial charge >= 0.3 is 5.97 Å². The first-order valence-corrected chi connectivity index (χ1v) is 4.54. The van der Waals surface area contributed by atoms with Gasteiger partial charge in [0.15, 0.2) is 6.61 Å². The SMILES string of the molecule is [B]c1cc(F)cc2nc(COC(C)=O)oc12. The fourth-order valence-electron chi connectivity index (χ4n) is 1.29. The zero-order valence-electron chi connectivity index (χ0n) is 8.49. The van der Waals surface area contributed by atoms with E-state index in [9.17, 15) is 9.18 Å². The Bertz CT molecular complexity index is 552. The summed E-state index contributed by atoms with van der Waals surface area (Å²) in [5.41, 5.74) is 0.764. The summed E-state index contributed by atoms with van der Waals surface area (Å²) < 4.78 is 22.9. The molecule has 0 fully saturated rings. The maximum Gasteiger partial charge on any atom is 0.303 e. The van der Waals surface area contributed by atoms with Crippen molar-refractivity contribution in [1.82, 2.24) is 4.98 Å². The van der Waals surface area contributed by atoms with E-state index in [4.69, 9.17) is 17.0 Å². The zero-order valence-corrected chi connectivity index (χ0v) is 8.49. The van der Waals surface area contributed by atoms with Gasteiger partial charge in [-0.25, -0.2) is 9.37 Å². The lowest BCUT2D eigenvalue weighted by Crippen LogP contribution is -2.03. The quantitative estimate of drug-likeness (QED) is 0.554. The molecule has 1 aromatic heterocycles. The number of fused-ring (bicyclic) bond motifs is 1. The third-order valence-corrected chi connectivity index (χ3v) is 1.93. The molecule has 1 heterocycles. The minimum atomic E-state index is -0.489. The molecular weight excluding hydrogens is 212 g/mol. The van der Waals surface area contributed by atoms with E-state index in [1.54, 1.807) is 0 Å². The monoisotopic (exact) mass is 219 g/mol. The van der Waals surface area contributed by atoms with Gasteiger partial charge in [-0.05, 0) is 11.5 Å². The van der Waals surface area contributed by atoms with Gasteiger partial charge in [-0.1, -0.05) is 0 Å². The first kappa shape index (κ1) is 10.7. The molecular formula is C10H7BFNO3. The van der Waals surface area contributed by atoms with E-state index < -0.39 is 11.8 Å². The summed E-state index contributed by atoms with van der Waals surface area (Å²) in [7, 11) is 5.54. The van der Waals surface area contributed by atoms with Gasteiger partial charge in [-0.2, -0.15) is 0 Å². The van der Waals surface area contributed by atoms with Crippen molar-refractivity contribution in [3.63, 3.8) is 0 Å².